The monoisotopic (exact) mass is 367 g/mol. The molecule has 0 aliphatic rings. The van der Waals surface area contributed by atoms with Gasteiger partial charge in [0.1, 0.15) is 12.4 Å². The molecule has 5 heteroatoms. The Morgan fingerprint density at radius 2 is 2.05 bits per heavy atom. The third-order valence-corrected chi connectivity index (χ3v) is 3.92. The molecule has 0 saturated heterocycles. The van der Waals surface area contributed by atoms with Crippen molar-refractivity contribution in [1.82, 2.24) is 0 Å². The van der Waals surface area contributed by atoms with Crippen LogP contribution in [0.1, 0.15) is 23.6 Å². The van der Waals surface area contributed by atoms with E-state index in [9.17, 15) is 0 Å². The minimum Gasteiger partial charge on any atom is -0.488 e. The molecular weight excluding hydrogens is 354 g/mol. The lowest BCUT2D eigenvalue weighted by Crippen LogP contribution is -2.03. The van der Waals surface area contributed by atoms with Crippen molar-refractivity contribution < 1.29 is 9.94 Å². The average molecular weight is 369 g/mol. The molecule has 0 heterocycles. The fourth-order valence-electron chi connectivity index (χ4n) is 1.90. The predicted molar refractivity (Wildman–Crippen MR) is 88.7 cm³/mol. The Kier molecular flexibility index (Phi) is 5.26. The van der Waals surface area contributed by atoms with Gasteiger partial charge in [0.25, 0.3) is 0 Å². The summed E-state index contributed by atoms with van der Waals surface area (Å²) in [7, 11) is 0. The lowest BCUT2D eigenvalue weighted by molar-refractivity contribution is 0.303. The highest BCUT2D eigenvalue weighted by Gasteiger charge is 2.09. The largest absolute Gasteiger partial charge is 0.488 e. The normalized spacial score (nSPS) is 11.5. The van der Waals surface area contributed by atoms with E-state index in [0.29, 0.717) is 23.1 Å². The zero-order valence-corrected chi connectivity index (χ0v) is 14.1. The standard InChI is InChI=1S/C16H15BrClNO2/c1-10-3-6-16(14(7-10)11(2)19-20)21-9-12-4-5-13(17)8-15(12)18/h3-8,20H,9H2,1-2H3/b19-11-. The van der Waals surface area contributed by atoms with Gasteiger partial charge in [-0.25, -0.2) is 0 Å². The van der Waals surface area contributed by atoms with Crippen LogP contribution < -0.4 is 4.74 Å². The van der Waals surface area contributed by atoms with Gasteiger partial charge in [-0.05, 0) is 38.1 Å². The second-order valence-electron chi connectivity index (χ2n) is 4.71. The zero-order chi connectivity index (χ0) is 15.4. The van der Waals surface area contributed by atoms with Gasteiger partial charge < -0.3 is 9.94 Å². The van der Waals surface area contributed by atoms with Crippen LogP contribution in [0.5, 0.6) is 5.75 Å². The molecule has 2 aromatic rings. The van der Waals surface area contributed by atoms with Crippen LogP contribution in [0, 0.1) is 6.92 Å². The van der Waals surface area contributed by atoms with Gasteiger partial charge in [0.15, 0.2) is 0 Å². The highest BCUT2D eigenvalue weighted by molar-refractivity contribution is 9.10. The van der Waals surface area contributed by atoms with Gasteiger partial charge in [-0.2, -0.15) is 0 Å². The van der Waals surface area contributed by atoms with Gasteiger partial charge in [-0.1, -0.05) is 50.4 Å². The highest BCUT2D eigenvalue weighted by atomic mass is 79.9. The zero-order valence-electron chi connectivity index (χ0n) is 11.7. The van der Waals surface area contributed by atoms with Crippen LogP contribution in [0.15, 0.2) is 46.0 Å². The summed E-state index contributed by atoms with van der Waals surface area (Å²) in [5, 5.41) is 12.9. The first-order chi connectivity index (χ1) is 10.0. The summed E-state index contributed by atoms with van der Waals surface area (Å²) in [5.41, 5.74) is 3.24. The fraction of sp³-hybridized carbons (Fsp3) is 0.188. The Morgan fingerprint density at radius 1 is 1.29 bits per heavy atom. The first kappa shape index (κ1) is 15.9. The maximum atomic E-state index is 8.97. The summed E-state index contributed by atoms with van der Waals surface area (Å²) in [6, 6.07) is 11.4. The van der Waals surface area contributed by atoms with Crippen molar-refractivity contribution in [2.75, 3.05) is 0 Å². The number of aryl methyl sites for hydroxylation is 1. The SMILES string of the molecule is C/C(=N/O)c1cc(C)ccc1OCc1ccc(Br)cc1Cl. The quantitative estimate of drug-likeness (QED) is 0.458. The van der Waals surface area contributed by atoms with Crippen LogP contribution in [0.3, 0.4) is 0 Å². The number of nitrogens with zero attached hydrogens (tertiary/aromatic N) is 1. The second kappa shape index (κ2) is 6.96. The smallest absolute Gasteiger partial charge is 0.128 e. The van der Waals surface area contributed by atoms with Crippen molar-refractivity contribution in [3.63, 3.8) is 0 Å². The summed E-state index contributed by atoms with van der Waals surface area (Å²) < 4.78 is 6.76. The summed E-state index contributed by atoms with van der Waals surface area (Å²) >= 11 is 9.55. The molecule has 0 aliphatic carbocycles. The maximum absolute atomic E-state index is 8.97. The molecule has 2 aromatic carbocycles. The molecule has 21 heavy (non-hydrogen) atoms. The number of hydrogen-bond acceptors (Lipinski definition) is 3. The van der Waals surface area contributed by atoms with Crippen LogP contribution in [-0.2, 0) is 6.61 Å². The summed E-state index contributed by atoms with van der Waals surface area (Å²) in [5.74, 6) is 0.662. The van der Waals surface area contributed by atoms with Gasteiger partial charge in [0.05, 0.1) is 5.71 Å². The Bertz CT molecular complexity index is 686. The summed E-state index contributed by atoms with van der Waals surface area (Å²) in [6.07, 6.45) is 0. The number of rotatable bonds is 4. The van der Waals surface area contributed by atoms with E-state index in [1.54, 1.807) is 6.92 Å². The van der Waals surface area contributed by atoms with E-state index >= 15 is 0 Å². The molecular formula is C16H15BrClNO2. The van der Waals surface area contributed by atoms with E-state index in [0.717, 1.165) is 21.2 Å². The third kappa shape index (κ3) is 3.99. The van der Waals surface area contributed by atoms with Gasteiger partial charge >= 0.3 is 0 Å². The van der Waals surface area contributed by atoms with E-state index in [1.165, 1.54) is 0 Å². The summed E-state index contributed by atoms with van der Waals surface area (Å²) in [4.78, 5) is 0. The Hall–Kier alpha value is -1.52. The molecule has 0 aromatic heterocycles. The van der Waals surface area contributed by atoms with Gasteiger partial charge in [0.2, 0.25) is 0 Å². The molecule has 0 saturated carbocycles. The van der Waals surface area contributed by atoms with E-state index in [4.69, 9.17) is 21.5 Å². The molecule has 110 valence electrons. The van der Waals surface area contributed by atoms with Crippen molar-refractivity contribution in [2.24, 2.45) is 5.16 Å². The molecule has 0 atom stereocenters. The molecule has 0 fully saturated rings. The number of hydrogen-bond donors (Lipinski definition) is 1. The minimum atomic E-state index is 0.348. The number of halogens is 2. The fourth-order valence-corrected chi connectivity index (χ4v) is 2.63. The highest BCUT2D eigenvalue weighted by Crippen LogP contribution is 2.25. The van der Waals surface area contributed by atoms with Gasteiger partial charge in [-0.15, -0.1) is 0 Å². The average Bonchev–Trinajstić information content (AvgIpc) is 2.46. The van der Waals surface area contributed by atoms with Crippen LogP contribution in [0.4, 0.5) is 0 Å². The second-order valence-corrected chi connectivity index (χ2v) is 6.03. The molecule has 0 radical (unpaired) electrons. The lowest BCUT2D eigenvalue weighted by atomic mass is 10.1. The first-order valence-corrected chi connectivity index (χ1v) is 7.54. The number of benzene rings is 2. The summed E-state index contributed by atoms with van der Waals surface area (Å²) in [6.45, 7) is 4.05. The van der Waals surface area contributed by atoms with E-state index in [2.05, 4.69) is 21.1 Å². The molecule has 0 aliphatic heterocycles. The minimum absolute atomic E-state index is 0.348. The topological polar surface area (TPSA) is 41.8 Å². The number of ether oxygens (including phenoxy) is 1. The van der Waals surface area contributed by atoms with Crippen molar-refractivity contribution in [3.8, 4) is 5.75 Å². The molecule has 0 amide bonds. The van der Waals surface area contributed by atoms with E-state index in [-0.39, 0.29) is 0 Å². The Balaban J connectivity index is 2.24. The van der Waals surface area contributed by atoms with Gasteiger partial charge in [0, 0.05) is 20.6 Å². The Morgan fingerprint density at radius 3 is 2.71 bits per heavy atom. The first-order valence-electron chi connectivity index (χ1n) is 6.37. The van der Waals surface area contributed by atoms with Crippen molar-refractivity contribution in [3.05, 3.63) is 62.6 Å². The predicted octanol–water partition coefficient (Wildman–Crippen LogP) is 5.19. The molecule has 2 rings (SSSR count). The molecule has 1 N–H and O–H groups in total. The number of oxime groups is 1. The van der Waals surface area contributed by atoms with E-state index < -0.39 is 0 Å². The van der Waals surface area contributed by atoms with Crippen molar-refractivity contribution >= 4 is 33.2 Å². The third-order valence-electron chi connectivity index (χ3n) is 3.07. The maximum Gasteiger partial charge on any atom is 0.128 e. The molecule has 0 spiro atoms. The van der Waals surface area contributed by atoms with Crippen molar-refractivity contribution in [1.29, 1.82) is 0 Å². The van der Waals surface area contributed by atoms with E-state index in [1.807, 2.05) is 43.3 Å². The molecule has 0 bridgehead atoms. The lowest BCUT2D eigenvalue weighted by Gasteiger charge is -2.12. The molecule has 3 nitrogen and oxygen atoms in total. The van der Waals surface area contributed by atoms with Crippen LogP contribution in [-0.4, -0.2) is 10.9 Å². The van der Waals surface area contributed by atoms with Gasteiger partial charge in [-0.3, -0.25) is 0 Å². The van der Waals surface area contributed by atoms with Crippen LogP contribution in [0.25, 0.3) is 0 Å². The van der Waals surface area contributed by atoms with Crippen LogP contribution in [0.2, 0.25) is 5.02 Å². The molecule has 0 unspecified atom stereocenters. The Labute approximate surface area is 137 Å². The van der Waals surface area contributed by atoms with Crippen molar-refractivity contribution in [2.45, 2.75) is 20.5 Å². The van der Waals surface area contributed by atoms with Crippen LogP contribution >= 0.6 is 27.5 Å².